The second-order valence-corrected chi connectivity index (χ2v) is 25.9. The number of nitrogens with two attached hydrogens (primary N) is 1. The van der Waals surface area contributed by atoms with Gasteiger partial charge in [-0.05, 0) is 141 Å². The Hall–Kier alpha value is -5.15. The number of ether oxygens (including phenoxy) is 2. The molecule has 0 aliphatic carbocycles. The zero-order valence-corrected chi connectivity index (χ0v) is 61.2. The summed E-state index contributed by atoms with van der Waals surface area (Å²) >= 11 is 0. The SMILES string of the molecule is CC/C=C\C/C=C\C/C=C\C/C=C\C/C=C\C/C=C\C/C=C\C/C=C\CCCCCCCCCCCCCCCCCCC(=O)OC(COC(=O)CCCCCCCCCC/C=C\C/C=C\C/C=C\C/C=C\C/C=C\C/C=C\C/C=C\C/C=C\CC)COP(=O)(O)OCCN. The third-order valence-corrected chi connectivity index (χ3v) is 16.5. The molecule has 95 heavy (non-hydrogen) atoms. The number of allylic oxidation sites excluding steroid dienone is 32. The predicted octanol–water partition coefficient (Wildman–Crippen LogP) is 25.6. The minimum absolute atomic E-state index is 0.0442. The highest BCUT2D eigenvalue weighted by atomic mass is 31.2. The fourth-order valence-electron chi connectivity index (χ4n) is 9.96. The van der Waals surface area contributed by atoms with Crippen LogP contribution >= 0.6 is 7.82 Å². The first-order valence-corrected chi connectivity index (χ1v) is 39.4. The summed E-state index contributed by atoms with van der Waals surface area (Å²) in [5.41, 5.74) is 5.41. The highest BCUT2D eigenvalue weighted by Crippen LogP contribution is 2.43. The molecular weight excluding hydrogens is 1190 g/mol. The minimum atomic E-state index is -4.41. The summed E-state index contributed by atoms with van der Waals surface area (Å²) in [4.78, 5) is 35.4. The fourth-order valence-corrected chi connectivity index (χ4v) is 10.7. The van der Waals surface area contributed by atoms with Gasteiger partial charge in [0.2, 0.25) is 0 Å². The third-order valence-electron chi connectivity index (χ3n) is 15.5. The van der Waals surface area contributed by atoms with E-state index in [0.717, 1.165) is 148 Å². The summed E-state index contributed by atoms with van der Waals surface area (Å²) in [7, 11) is -4.41. The summed E-state index contributed by atoms with van der Waals surface area (Å²) in [5, 5.41) is 0. The molecule has 0 rings (SSSR count). The van der Waals surface area contributed by atoms with Crippen LogP contribution in [0.1, 0.15) is 296 Å². The number of carbonyl (C=O) groups excluding carboxylic acids is 2. The lowest BCUT2D eigenvalue weighted by Gasteiger charge is -2.19. The first-order chi connectivity index (χ1) is 46.8. The molecule has 0 aliphatic heterocycles. The van der Waals surface area contributed by atoms with Crippen LogP contribution in [0.5, 0.6) is 0 Å². The van der Waals surface area contributed by atoms with Crippen LogP contribution < -0.4 is 5.73 Å². The van der Waals surface area contributed by atoms with E-state index < -0.39 is 32.5 Å². The highest BCUT2D eigenvalue weighted by Gasteiger charge is 2.26. The maximum Gasteiger partial charge on any atom is 0.472 e. The lowest BCUT2D eigenvalue weighted by molar-refractivity contribution is -0.161. The summed E-state index contributed by atoms with van der Waals surface area (Å²) < 4.78 is 33.2. The maximum absolute atomic E-state index is 12.8. The molecule has 0 amide bonds. The van der Waals surface area contributed by atoms with Gasteiger partial charge in [-0.15, -0.1) is 0 Å². The van der Waals surface area contributed by atoms with Crippen LogP contribution in [-0.2, 0) is 32.7 Å². The van der Waals surface area contributed by atoms with Crippen molar-refractivity contribution < 1.29 is 37.6 Å². The van der Waals surface area contributed by atoms with Gasteiger partial charge in [0.15, 0.2) is 6.10 Å². The number of phosphoric acid groups is 1. The van der Waals surface area contributed by atoms with Crippen LogP contribution in [0, 0.1) is 0 Å². The minimum Gasteiger partial charge on any atom is -0.462 e. The molecule has 536 valence electrons. The summed E-state index contributed by atoms with van der Waals surface area (Å²) in [6.07, 6.45) is 118. The molecule has 0 aromatic carbocycles. The molecule has 2 atom stereocenters. The third kappa shape index (κ3) is 77.7. The first kappa shape index (κ1) is 89.8. The quantitative estimate of drug-likeness (QED) is 0.0264. The number of esters is 2. The Balaban J connectivity index is 3.92. The van der Waals surface area contributed by atoms with E-state index in [-0.39, 0.29) is 32.6 Å². The van der Waals surface area contributed by atoms with Crippen molar-refractivity contribution in [3.8, 4) is 0 Å². The lowest BCUT2D eigenvalue weighted by atomic mass is 10.0. The lowest BCUT2D eigenvalue weighted by Crippen LogP contribution is -2.29. The average molecular weight is 1330 g/mol. The van der Waals surface area contributed by atoms with E-state index in [4.69, 9.17) is 24.3 Å². The molecule has 0 aromatic rings. The molecule has 0 aliphatic rings. The van der Waals surface area contributed by atoms with Gasteiger partial charge in [-0.2, -0.15) is 0 Å². The number of carbonyl (C=O) groups is 2. The van der Waals surface area contributed by atoms with Crippen molar-refractivity contribution in [2.75, 3.05) is 26.4 Å². The molecule has 3 N–H and O–H groups in total. The smallest absolute Gasteiger partial charge is 0.462 e. The zero-order valence-electron chi connectivity index (χ0n) is 60.3. The van der Waals surface area contributed by atoms with Crippen molar-refractivity contribution in [1.82, 2.24) is 0 Å². The van der Waals surface area contributed by atoms with E-state index in [9.17, 15) is 19.0 Å². The van der Waals surface area contributed by atoms with Crippen molar-refractivity contribution in [2.45, 2.75) is 302 Å². The van der Waals surface area contributed by atoms with Gasteiger partial charge in [0.25, 0.3) is 0 Å². The standard InChI is InChI=1S/C85H138NO8P/c1-3-5-7-9-11-13-15-17-19-21-23-25-27-29-31-33-35-37-38-39-40-41-42-43-44-46-48-50-52-54-56-58-60-62-64-66-68-70-72-74-76-78-85(88)94-83(82-93-95(89,90)92-80-79-86)81-91-84(87)77-75-73-71-69-67-65-63-61-59-57-55-53-51-49-47-45-36-34-32-30-28-26-24-22-20-18-16-14-12-10-8-6-4-2/h5-8,11-14,17-20,23-26,29-32,35-37,39-40,42-43,45,49,51,55,57,83H,3-4,9-10,15-16,21-22,27-28,33-34,38,41,44,46-48,50,52-54,56,58-82,86H2,1-2H3,(H,89,90)/b7-5-,8-6-,13-11-,14-12-,19-17-,20-18-,25-23-,26-24-,31-29-,32-30-,37-35-,40-39-,43-42-,45-36-,51-49-,57-55-. The summed E-state index contributed by atoms with van der Waals surface area (Å²) in [5.74, 6) is -0.842. The molecule has 0 spiro atoms. The van der Waals surface area contributed by atoms with E-state index in [0.29, 0.717) is 12.8 Å². The molecule has 0 saturated carbocycles. The number of unbranched alkanes of at least 4 members (excludes halogenated alkanes) is 24. The Labute approximate surface area is 583 Å². The van der Waals surface area contributed by atoms with Crippen LogP contribution in [0.2, 0.25) is 0 Å². The van der Waals surface area contributed by atoms with Crippen LogP contribution in [0.25, 0.3) is 0 Å². The van der Waals surface area contributed by atoms with Crippen LogP contribution in [-0.4, -0.2) is 49.3 Å². The topological polar surface area (TPSA) is 134 Å². The van der Waals surface area contributed by atoms with E-state index in [2.05, 4.69) is 208 Å². The fraction of sp³-hybridized carbons (Fsp3) is 0.600. The Morgan fingerprint density at radius 1 is 0.316 bits per heavy atom. The molecule has 2 unspecified atom stereocenters. The van der Waals surface area contributed by atoms with Gasteiger partial charge in [0, 0.05) is 19.4 Å². The normalized spacial score (nSPS) is 14.0. The summed E-state index contributed by atoms with van der Waals surface area (Å²) in [6.45, 7) is 3.51. The van der Waals surface area contributed by atoms with Crippen LogP contribution in [0.3, 0.4) is 0 Å². The largest absolute Gasteiger partial charge is 0.472 e. The Morgan fingerprint density at radius 2 is 0.547 bits per heavy atom. The van der Waals surface area contributed by atoms with Gasteiger partial charge in [-0.3, -0.25) is 18.6 Å². The van der Waals surface area contributed by atoms with Gasteiger partial charge >= 0.3 is 19.8 Å². The maximum atomic E-state index is 12.8. The van der Waals surface area contributed by atoms with Gasteiger partial charge < -0.3 is 20.1 Å². The van der Waals surface area contributed by atoms with E-state index in [1.165, 1.54) is 109 Å². The van der Waals surface area contributed by atoms with Crippen molar-refractivity contribution in [3.05, 3.63) is 194 Å². The second-order valence-electron chi connectivity index (χ2n) is 24.4. The van der Waals surface area contributed by atoms with Crippen molar-refractivity contribution in [2.24, 2.45) is 5.73 Å². The average Bonchev–Trinajstić information content (AvgIpc) is 2.75. The number of rotatable bonds is 69. The Morgan fingerprint density at radius 3 is 0.811 bits per heavy atom. The van der Waals surface area contributed by atoms with Crippen LogP contribution in [0.15, 0.2) is 194 Å². The highest BCUT2D eigenvalue weighted by molar-refractivity contribution is 7.47. The number of phosphoric ester groups is 1. The molecule has 0 heterocycles. The van der Waals surface area contributed by atoms with Crippen LogP contribution in [0.4, 0.5) is 0 Å². The Kier molecular flexibility index (Phi) is 73.6. The molecule has 0 fully saturated rings. The molecular formula is C85H138NO8P. The van der Waals surface area contributed by atoms with E-state index >= 15 is 0 Å². The first-order valence-electron chi connectivity index (χ1n) is 37.9. The molecule has 0 aromatic heterocycles. The van der Waals surface area contributed by atoms with Gasteiger partial charge in [0.1, 0.15) is 6.61 Å². The molecule has 0 radical (unpaired) electrons. The van der Waals surface area contributed by atoms with Crippen molar-refractivity contribution in [1.29, 1.82) is 0 Å². The van der Waals surface area contributed by atoms with Gasteiger partial charge in [-0.1, -0.05) is 337 Å². The predicted molar refractivity (Wildman–Crippen MR) is 412 cm³/mol. The molecule has 0 saturated heterocycles. The number of hydrogen-bond donors (Lipinski definition) is 2. The molecule has 10 heteroatoms. The van der Waals surface area contributed by atoms with Crippen molar-refractivity contribution in [3.63, 3.8) is 0 Å². The summed E-state index contributed by atoms with van der Waals surface area (Å²) in [6, 6.07) is 0. The van der Waals surface area contributed by atoms with E-state index in [1.807, 2.05) is 0 Å². The monoisotopic (exact) mass is 1330 g/mol. The zero-order chi connectivity index (χ0) is 68.6. The molecule has 9 nitrogen and oxygen atoms in total. The second kappa shape index (κ2) is 77.9. The number of hydrogen-bond acceptors (Lipinski definition) is 8. The Bertz CT molecular complexity index is 2270. The van der Waals surface area contributed by atoms with Crippen molar-refractivity contribution >= 4 is 19.8 Å². The molecule has 0 bridgehead atoms. The van der Waals surface area contributed by atoms with E-state index in [1.54, 1.807) is 0 Å². The van der Waals surface area contributed by atoms with Gasteiger partial charge in [-0.25, -0.2) is 4.57 Å². The van der Waals surface area contributed by atoms with Gasteiger partial charge in [0.05, 0.1) is 13.2 Å².